The molecule has 0 unspecified atom stereocenters. The van der Waals surface area contributed by atoms with E-state index >= 15 is 0 Å². The van der Waals surface area contributed by atoms with Gasteiger partial charge in [-0.25, -0.2) is 4.98 Å². The molecule has 0 saturated carbocycles. The van der Waals surface area contributed by atoms with Gasteiger partial charge in [0.25, 0.3) is 0 Å². The van der Waals surface area contributed by atoms with Crippen LogP contribution in [0.4, 0.5) is 0 Å². The van der Waals surface area contributed by atoms with Gasteiger partial charge in [0, 0.05) is 6.20 Å². The van der Waals surface area contributed by atoms with Crippen LogP contribution in [0.15, 0.2) is 55.1 Å². The molecule has 3 aromatic rings. The van der Waals surface area contributed by atoms with E-state index in [1.807, 2.05) is 0 Å². The van der Waals surface area contributed by atoms with Gasteiger partial charge >= 0.3 is 0 Å². The van der Waals surface area contributed by atoms with E-state index in [0.29, 0.717) is 0 Å². The van der Waals surface area contributed by atoms with Crippen molar-refractivity contribution in [2.75, 3.05) is 0 Å². The zero-order chi connectivity index (χ0) is 16.2. The van der Waals surface area contributed by atoms with Crippen molar-refractivity contribution >= 4 is 12.2 Å². The van der Waals surface area contributed by atoms with Gasteiger partial charge in [-0.15, -0.1) is 5.10 Å². The highest BCUT2D eigenvalue weighted by Gasteiger charge is 2.13. The Morgan fingerprint density at radius 1 is 0.750 bits per heavy atom. The Morgan fingerprint density at radius 3 is 2.50 bits per heavy atom. The second-order valence-electron chi connectivity index (χ2n) is 6.05. The van der Waals surface area contributed by atoms with Crippen LogP contribution in [0.5, 0.6) is 0 Å². The Labute approximate surface area is 141 Å². The highest BCUT2D eigenvalue weighted by Crippen LogP contribution is 2.24. The summed E-state index contributed by atoms with van der Waals surface area (Å²) in [5.41, 5.74) is 5.85. The average Bonchev–Trinajstić information content (AvgIpc) is 2.69. The molecular weight excluding hydrogens is 294 g/mol. The summed E-state index contributed by atoms with van der Waals surface area (Å²) >= 11 is 0. The molecule has 0 bridgehead atoms. The molecule has 2 aliphatic rings. The van der Waals surface area contributed by atoms with Crippen molar-refractivity contribution in [3.8, 4) is 11.1 Å². The third kappa shape index (κ3) is 2.85. The molecule has 0 amide bonds. The van der Waals surface area contributed by atoms with Crippen LogP contribution in [0.3, 0.4) is 0 Å². The van der Waals surface area contributed by atoms with Gasteiger partial charge < -0.3 is 0 Å². The van der Waals surface area contributed by atoms with E-state index in [1.54, 1.807) is 6.20 Å². The van der Waals surface area contributed by atoms with E-state index in [9.17, 15) is 0 Å². The average molecular weight is 313 g/mol. The molecule has 3 nitrogen and oxygen atoms in total. The van der Waals surface area contributed by atoms with Gasteiger partial charge in [-0.2, -0.15) is 5.10 Å². The number of aromatic nitrogens is 3. The quantitative estimate of drug-likeness (QED) is 0.640. The van der Waals surface area contributed by atoms with Gasteiger partial charge in [-0.05, 0) is 58.4 Å². The van der Waals surface area contributed by atoms with Crippen LogP contribution < -0.4 is 10.4 Å². The molecule has 0 atom stereocenters. The molecule has 3 heteroatoms. The Bertz CT molecular complexity index is 935. The Morgan fingerprint density at radius 2 is 1.71 bits per heavy atom. The van der Waals surface area contributed by atoms with Crippen molar-refractivity contribution in [1.29, 1.82) is 0 Å². The van der Waals surface area contributed by atoms with Crippen LogP contribution in [0.25, 0.3) is 23.3 Å². The van der Waals surface area contributed by atoms with Gasteiger partial charge in [0.05, 0.1) is 6.20 Å². The smallest absolute Gasteiger partial charge is 0.138 e. The SMILES string of the molecule is C1=c2c(ccc3c2=CCc2ccccc2-3)CCC1.c1cnncn1. The molecule has 118 valence electrons. The highest BCUT2D eigenvalue weighted by molar-refractivity contribution is 5.74. The fraction of sp³-hybridized carbons (Fsp3) is 0.190. The first-order valence-electron chi connectivity index (χ1n) is 8.41. The minimum atomic E-state index is 1.08. The van der Waals surface area contributed by atoms with Crippen LogP contribution in [0, 0.1) is 0 Å². The van der Waals surface area contributed by atoms with Crippen molar-refractivity contribution in [3.05, 3.63) is 76.7 Å². The largest absolute Gasteiger partial charge is 0.241 e. The van der Waals surface area contributed by atoms with E-state index in [0.717, 1.165) is 6.42 Å². The van der Waals surface area contributed by atoms with Crippen molar-refractivity contribution in [2.45, 2.75) is 25.7 Å². The molecule has 0 fully saturated rings. The predicted molar refractivity (Wildman–Crippen MR) is 96.5 cm³/mol. The zero-order valence-electron chi connectivity index (χ0n) is 13.5. The van der Waals surface area contributed by atoms with Crippen LogP contribution in [0.1, 0.15) is 24.0 Å². The summed E-state index contributed by atoms with van der Waals surface area (Å²) in [4.78, 5) is 3.61. The summed E-state index contributed by atoms with van der Waals surface area (Å²) < 4.78 is 0. The van der Waals surface area contributed by atoms with Gasteiger partial charge in [-0.1, -0.05) is 48.6 Å². The first-order valence-corrected chi connectivity index (χ1v) is 8.41. The summed E-state index contributed by atoms with van der Waals surface area (Å²) in [6.07, 6.45) is 14.2. The predicted octanol–water partition coefficient (Wildman–Crippen LogP) is 2.68. The third-order valence-electron chi connectivity index (χ3n) is 4.61. The molecule has 0 saturated heterocycles. The van der Waals surface area contributed by atoms with E-state index in [1.165, 1.54) is 64.5 Å². The molecule has 0 aliphatic heterocycles. The van der Waals surface area contributed by atoms with Gasteiger partial charge in [0.15, 0.2) is 0 Å². The number of hydrogen-bond acceptors (Lipinski definition) is 3. The molecule has 0 radical (unpaired) electrons. The number of fused-ring (bicyclic) bond motifs is 5. The van der Waals surface area contributed by atoms with E-state index in [4.69, 9.17) is 0 Å². The maximum Gasteiger partial charge on any atom is 0.138 e. The van der Waals surface area contributed by atoms with Crippen LogP contribution >= 0.6 is 0 Å². The van der Waals surface area contributed by atoms with Crippen LogP contribution in [0.2, 0.25) is 0 Å². The fourth-order valence-electron chi connectivity index (χ4n) is 3.51. The molecule has 2 aliphatic carbocycles. The second-order valence-corrected chi connectivity index (χ2v) is 6.05. The van der Waals surface area contributed by atoms with Gasteiger partial charge in [0.1, 0.15) is 6.33 Å². The van der Waals surface area contributed by atoms with Crippen LogP contribution in [-0.2, 0) is 12.8 Å². The van der Waals surface area contributed by atoms with Gasteiger partial charge in [-0.3, -0.25) is 0 Å². The van der Waals surface area contributed by atoms with E-state index < -0.39 is 0 Å². The minimum absolute atomic E-state index is 1.08. The summed E-state index contributed by atoms with van der Waals surface area (Å²) in [6.45, 7) is 0. The fourth-order valence-corrected chi connectivity index (χ4v) is 3.51. The first kappa shape index (κ1) is 14.8. The molecule has 24 heavy (non-hydrogen) atoms. The molecule has 2 aromatic carbocycles. The highest BCUT2D eigenvalue weighted by atomic mass is 15.1. The number of rotatable bonds is 0. The zero-order valence-corrected chi connectivity index (χ0v) is 13.5. The molecule has 0 spiro atoms. The molecule has 1 heterocycles. The lowest BCUT2D eigenvalue weighted by Crippen LogP contribution is -2.33. The number of nitrogens with zero attached hydrogens (tertiary/aromatic N) is 3. The number of hydrogen-bond donors (Lipinski definition) is 0. The first-order chi connectivity index (χ1) is 11.9. The third-order valence-corrected chi connectivity index (χ3v) is 4.61. The summed E-state index contributed by atoms with van der Waals surface area (Å²) in [6, 6.07) is 13.5. The molecule has 5 rings (SSSR count). The van der Waals surface area contributed by atoms with E-state index in [2.05, 4.69) is 63.7 Å². The second kappa shape index (κ2) is 6.75. The molecular formula is C21H19N3. The van der Waals surface area contributed by atoms with Crippen molar-refractivity contribution < 1.29 is 0 Å². The van der Waals surface area contributed by atoms with Gasteiger partial charge in [0.2, 0.25) is 0 Å². The topological polar surface area (TPSA) is 38.7 Å². The monoisotopic (exact) mass is 313 g/mol. The summed E-state index contributed by atoms with van der Waals surface area (Å²) in [5, 5.41) is 9.88. The minimum Gasteiger partial charge on any atom is -0.241 e. The van der Waals surface area contributed by atoms with Crippen LogP contribution in [-0.4, -0.2) is 15.2 Å². The number of aryl methyl sites for hydroxylation is 1. The Hall–Kier alpha value is -2.81. The normalized spacial score (nSPS) is 13.8. The number of benzene rings is 2. The Balaban J connectivity index is 0.000000207. The van der Waals surface area contributed by atoms with Crippen molar-refractivity contribution in [3.63, 3.8) is 0 Å². The lowest BCUT2D eigenvalue weighted by atomic mass is 9.87. The summed E-state index contributed by atoms with van der Waals surface area (Å²) in [7, 11) is 0. The molecule has 1 aromatic heterocycles. The van der Waals surface area contributed by atoms with Crippen molar-refractivity contribution in [1.82, 2.24) is 15.2 Å². The maximum absolute atomic E-state index is 3.61. The standard InChI is InChI=1S/C18H16.C3H3N3/c1-3-7-15-13(5-1)9-11-18-16-8-4-2-6-14(16)10-12-17(15)18;1-2-5-6-3-4-1/h1,3,5,7-8,10-12H,2,4,6,9H2;1-3H. The van der Waals surface area contributed by atoms with Crippen molar-refractivity contribution in [2.24, 2.45) is 0 Å². The summed E-state index contributed by atoms with van der Waals surface area (Å²) in [5.74, 6) is 0. The van der Waals surface area contributed by atoms with E-state index in [-0.39, 0.29) is 0 Å². The maximum atomic E-state index is 3.61. The lowest BCUT2D eigenvalue weighted by Gasteiger charge is -2.17. The Kier molecular flexibility index (Phi) is 4.15. The molecule has 0 N–H and O–H groups in total. The lowest BCUT2D eigenvalue weighted by molar-refractivity contribution is 0.834.